The minimum atomic E-state index is 0.544. The van der Waals surface area contributed by atoms with E-state index >= 15 is 0 Å². The number of nitrogen functional groups attached to an aromatic ring is 1. The van der Waals surface area contributed by atoms with Gasteiger partial charge in [-0.2, -0.15) is 0 Å². The second-order valence-electron chi connectivity index (χ2n) is 5.47. The van der Waals surface area contributed by atoms with Gasteiger partial charge in [-0.3, -0.25) is 0 Å². The standard InChI is InChI=1S/C15H24N2O/c1-12-5-6-14(16)15(9-12)18-11-13(2)10-17-7-3-4-8-17/h5-6,9,13H,3-4,7-8,10-11,16H2,1-2H3. The lowest BCUT2D eigenvalue weighted by molar-refractivity contribution is 0.207. The zero-order chi connectivity index (χ0) is 13.0. The predicted molar refractivity (Wildman–Crippen MR) is 75.9 cm³/mol. The van der Waals surface area contributed by atoms with Crippen LogP contribution in [0.5, 0.6) is 5.75 Å². The molecule has 1 saturated heterocycles. The van der Waals surface area contributed by atoms with Crippen molar-refractivity contribution in [2.45, 2.75) is 26.7 Å². The van der Waals surface area contributed by atoms with Crippen LogP contribution in [0.3, 0.4) is 0 Å². The van der Waals surface area contributed by atoms with E-state index in [4.69, 9.17) is 10.5 Å². The number of likely N-dealkylation sites (tertiary alicyclic amines) is 1. The topological polar surface area (TPSA) is 38.5 Å². The molecule has 1 aromatic rings. The van der Waals surface area contributed by atoms with Crippen molar-refractivity contribution in [2.75, 3.05) is 32.0 Å². The molecule has 3 nitrogen and oxygen atoms in total. The van der Waals surface area contributed by atoms with Crippen LogP contribution in [0.25, 0.3) is 0 Å². The van der Waals surface area contributed by atoms with Crippen molar-refractivity contribution in [3.8, 4) is 5.75 Å². The van der Waals surface area contributed by atoms with E-state index in [9.17, 15) is 0 Å². The molecule has 0 bridgehead atoms. The van der Waals surface area contributed by atoms with Gasteiger partial charge in [0.15, 0.2) is 0 Å². The summed E-state index contributed by atoms with van der Waals surface area (Å²) in [6, 6.07) is 5.93. The molecular formula is C15H24N2O. The summed E-state index contributed by atoms with van der Waals surface area (Å²) in [6.07, 6.45) is 2.69. The van der Waals surface area contributed by atoms with Crippen LogP contribution in [0.15, 0.2) is 18.2 Å². The summed E-state index contributed by atoms with van der Waals surface area (Å²) in [6.45, 7) is 8.66. The van der Waals surface area contributed by atoms with Gasteiger partial charge in [0, 0.05) is 12.5 Å². The summed E-state index contributed by atoms with van der Waals surface area (Å²) >= 11 is 0. The molecule has 1 aliphatic heterocycles. The second-order valence-corrected chi connectivity index (χ2v) is 5.47. The fourth-order valence-electron chi connectivity index (χ4n) is 2.46. The van der Waals surface area contributed by atoms with E-state index in [1.54, 1.807) is 0 Å². The van der Waals surface area contributed by atoms with E-state index in [0.717, 1.165) is 24.6 Å². The zero-order valence-electron chi connectivity index (χ0n) is 11.5. The first-order valence-electron chi connectivity index (χ1n) is 6.86. The van der Waals surface area contributed by atoms with Gasteiger partial charge in [-0.15, -0.1) is 0 Å². The third-order valence-corrected chi connectivity index (χ3v) is 3.46. The minimum Gasteiger partial charge on any atom is -0.491 e. The van der Waals surface area contributed by atoms with Gasteiger partial charge in [-0.05, 0) is 50.6 Å². The Hall–Kier alpha value is -1.22. The lowest BCUT2D eigenvalue weighted by atomic mass is 10.2. The number of anilines is 1. The average molecular weight is 248 g/mol. The van der Waals surface area contributed by atoms with Crippen LogP contribution in [0.4, 0.5) is 5.69 Å². The second kappa shape index (κ2) is 6.10. The lowest BCUT2D eigenvalue weighted by Gasteiger charge is -2.20. The molecule has 1 atom stereocenters. The van der Waals surface area contributed by atoms with E-state index in [2.05, 4.69) is 18.7 Å². The van der Waals surface area contributed by atoms with Crippen LogP contribution in [0.2, 0.25) is 0 Å². The fraction of sp³-hybridized carbons (Fsp3) is 0.600. The molecule has 100 valence electrons. The number of nitrogens with zero attached hydrogens (tertiary/aromatic N) is 1. The van der Waals surface area contributed by atoms with Crippen molar-refractivity contribution in [3.63, 3.8) is 0 Å². The first-order valence-corrected chi connectivity index (χ1v) is 6.86. The molecule has 3 heteroatoms. The summed E-state index contributed by atoms with van der Waals surface area (Å²) in [7, 11) is 0. The van der Waals surface area contributed by atoms with Crippen molar-refractivity contribution in [3.05, 3.63) is 23.8 Å². The Morgan fingerprint density at radius 1 is 1.33 bits per heavy atom. The fourth-order valence-corrected chi connectivity index (χ4v) is 2.46. The quantitative estimate of drug-likeness (QED) is 0.814. The first-order chi connectivity index (χ1) is 8.65. The molecule has 2 rings (SSSR count). The maximum absolute atomic E-state index is 5.90. The summed E-state index contributed by atoms with van der Waals surface area (Å²) < 4.78 is 5.84. The van der Waals surface area contributed by atoms with Crippen LogP contribution in [0, 0.1) is 12.8 Å². The Bertz CT molecular complexity index is 386. The van der Waals surface area contributed by atoms with E-state index in [1.807, 2.05) is 18.2 Å². The lowest BCUT2D eigenvalue weighted by Crippen LogP contribution is -2.28. The summed E-state index contributed by atoms with van der Waals surface area (Å²) in [5.41, 5.74) is 7.82. The zero-order valence-corrected chi connectivity index (χ0v) is 11.5. The Morgan fingerprint density at radius 2 is 2.06 bits per heavy atom. The molecule has 0 saturated carbocycles. The van der Waals surface area contributed by atoms with Crippen molar-refractivity contribution < 1.29 is 4.74 Å². The molecule has 0 radical (unpaired) electrons. The smallest absolute Gasteiger partial charge is 0.142 e. The molecule has 18 heavy (non-hydrogen) atoms. The number of rotatable bonds is 5. The van der Waals surface area contributed by atoms with Gasteiger partial charge < -0.3 is 15.4 Å². The largest absolute Gasteiger partial charge is 0.491 e. The van der Waals surface area contributed by atoms with Gasteiger partial charge in [0.05, 0.1) is 12.3 Å². The molecule has 0 spiro atoms. The maximum atomic E-state index is 5.90. The van der Waals surface area contributed by atoms with Crippen LogP contribution in [-0.4, -0.2) is 31.1 Å². The molecule has 0 aliphatic carbocycles. The van der Waals surface area contributed by atoms with E-state index in [0.29, 0.717) is 5.92 Å². The molecule has 0 amide bonds. The van der Waals surface area contributed by atoms with Crippen LogP contribution >= 0.6 is 0 Å². The molecule has 1 aliphatic rings. The van der Waals surface area contributed by atoms with Crippen molar-refractivity contribution in [1.82, 2.24) is 4.90 Å². The molecular weight excluding hydrogens is 224 g/mol. The number of hydrogen-bond acceptors (Lipinski definition) is 3. The normalized spacial score (nSPS) is 17.9. The maximum Gasteiger partial charge on any atom is 0.142 e. The molecule has 1 unspecified atom stereocenters. The van der Waals surface area contributed by atoms with E-state index in [1.165, 1.54) is 31.5 Å². The SMILES string of the molecule is Cc1ccc(N)c(OCC(C)CN2CCCC2)c1. The minimum absolute atomic E-state index is 0.544. The Kier molecular flexibility index (Phi) is 4.48. The predicted octanol–water partition coefficient (Wildman–Crippen LogP) is 2.69. The number of benzene rings is 1. The van der Waals surface area contributed by atoms with Gasteiger partial charge >= 0.3 is 0 Å². The third kappa shape index (κ3) is 3.64. The van der Waals surface area contributed by atoms with Crippen molar-refractivity contribution >= 4 is 5.69 Å². The molecule has 1 fully saturated rings. The van der Waals surface area contributed by atoms with Crippen LogP contribution in [-0.2, 0) is 0 Å². The van der Waals surface area contributed by atoms with Gasteiger partial charge in [0.2, 0.25) is 0 Å². The third-order valence-electron chi connectivity index (χ3n) is 3.46. The van der Waals surface area contributed by atoms with Gasteiger partial charge in [-0.1, -0.05) is 13.0 Å². The van der Waals surface area contributed by atoms with Crippen molar-refractivity contribution in [1.29, 1.82) is 0 Å². The first kappa shape index (κ1) is 13.2. The summed E-state index contributed by atoms with van der Waals surface area (Å²) in [5, 5.41) is 0. The molecule has 1 heterocycles. The van der Waals surface area contributed by atoms with Crippen LogP contribution < -0.4 is 10.5 Å². The number of hydrogen-bond donors (Lipinski definition) is 1. The Labute approximate surface area is 110 Å². The van der Waals surface area contributed by atoms with Crippen molar-refractivity contribution in [2.24, 2.45) is 5.92 Å². The van der Waals surface area contributed by atoms with Crippen LogP contribution in [0.1, 0.15) is 25.3 Å². The highest BCUT2D eigenvalue weighted by Crippen LogP contribution is 2.23. The number of ether oxygens (including phenoxy) is 1. The molecule has 0 aromatic heterocycles. The van der Waals surface area contributed by atoms with E-state index in [-0.39, 0.29) is 0 Å². The average Bonchev–Trinajstić information content (AvgIpc) is 2.83. The van der Waals surface area contributed by atoms with Gasteiger partial charge in [0.1, 0.15) is 5.75 Å². The Balaban J connectivity index is 1.81. The highest BCUT2D eigenvalue weighted by atomic mass is 16.5. The van der Waals surface area contributed by atoms with Gasteiger partial charge in [0.25, 0.3) is 0 Å². The Morgan fingerprint density at radius 3 is 2.78 bits per heavy atom. The summed E-state index contributed by atoms with van der Waals surface area (Å²) in [4.78, 5) is 2.52. The number of nitrogens with two attached hydrogens (primary N) is 1. The molecule has 1 aromatic carbocycles. The highest BCUT2D eigenvalue weighted by molar-refractivity contribution is 5.53. The number of aryl methyl sites for hydroxylation is 1. The molecule has 2 N–H and O–H groups in total. The monoisotopic (exact) mass is 248 g/mol. The van der Waals surface area contributed by atoms with Gasteiger partial charge in [-0.25, -0.2) is 0 Å². The summed E-state index contributed by atoms with van der Waals surface area (Å²) in [5.74, 6) is 1.37. The van der Waals surface area contributed by atoms with E-state index < -0.39 is 0 Å². The highest BCUT2D eigenvalue weighted by Gasteiger charge is 2.15.